The number of ether oxygens (including phenoxy) is 1. The Morgan fingerprint density at radius 3 is 2.79 bits per heavy atom. The lowest BCUT2D eigenvalue weighted by atomic mass is 10.2. The molecule has 0 aliphatic rings. The predicted molar refractivity (Wildman–Crippen MR) is 102 cm³/mol. The van der Waals surface area contributed by atoms with Crippen molar-refractivity contribution in [2.75, 3.05) is 0 Å². The van der Waals surface area contributed by atoms with Gasteiger partial charge in [0.1, 0.15) is 0 Å². The van der Waals surface area contributed by atoms with Crippen LogP contribution in [0.15, 0.2) is 62.9 Å². The van der Waals surface area contributed by atoms with Crippen molar-refractivity contribution in [2.45, 2.75) is 25.9 Å². The molecule has 3 heterocycles. The molecule has 0 N–H and O–H groups in total. The Hall–Kier alpha value is -3.26. The second kappa shape index (κ2) is 8.18. The van der Waals surface area contributed by atoms with Gasteiger partial charge in [-0.15, -0.1) is 21.5 Å². The van der Waals surface area contributed by atoms with Crippen LogP contribution in [-0.4, -0.2) is 21.2 Å². The first-order valence-corrected chi connectivity index (χ1v) is 9.64. The lowest BCUT2D eigenvalue weighted by Crippen LogP contribution is -2.10. The Balaban J connectivity index is 1.30. The zero-order valence-electron chi connectivity index (χ0n) is 15.1. The van der Waals surface area contributed by atoms with Gasteiger partial charge in [0.05, 0.1) is 17.5 Å². The Morgan fingerprint density at radius 1 is 1.14 bits per heavy atom. The summed E-state index contributed by atoms with van der Waals surface area (Å²) < 4.78 is 16.7. The molecule has 7 nitrogen and oxygen atoms in total. The van der Waals surface area contributed by atoms with Crippen LogP contribution in [0.2, 0.25) is 0 Å². The van der Waals surface area contributed by atoms with E-state index >= 15 is 0 Å². The molecule has 0 fully saturated rings. The summed E-state index contributed by atoms with van der Waals surface area (Å²) in [4.78, 5) is 17.2. The van der Waals surface area contributed by atoms with Gasteiger partial charge in [-0.1, -0.05) is 36.4 Å². The van der Waals surface area contributed by atoms with E-state index in [-0.39, 0.29) is 18.3 Å². The first kappa shape index (κ1) is 18.1. The monoisotopic (exact) mass is 395 g/mol. The number of rotatable bonds is 7. The maximum atomic E-state index is 12.1. The molecule has 8 heteroatoms. The molecule has 0 bridgehead atoms. The number of benzene rings is 1. The van der Waals surface area contributed by atoms with E-state index in [1.807, 2.05) is 47.8 Å². The number of thiophene rings is 1. The molecule has 1 unspecified atom stereocenters. The molecule has 28 heavy (non-hydrogen) atoms. The fraction of sp³-hybridized carbons (Fsp3) is 0.200. The van der Waals surface area contributed by atoms with E-state index in [2.05, 4.69) is 15.2 Å². The van der Waals surface area contributed by atoms with Gasteiger partial charge in [-0.05, 0) is 18.4 Å². The van der Waals surface area contributed by atoms with Crippen LogP contribution >= 0.6 is 11.3 Å². The van der Waals surface area contributed by atoms with Crippen LogP contribution in [0, 0.1) is 0 Å². The number of esters is 1. The molecule has 0 saturated carbocycles. The molecule has 0 saturated heterocycles. The van der Waals surface area contributed by atoms with Crippen LogP contribution < -0.4 is 0 Å². The Kier molecular flexibility index (Phi) is 5.29. The number of aryl methyl sites for hydroxylation is 1. The topological polar surface area (TPSA) is 91.2 Å². The van der Waals surface area contributed by atoms with E-state index in [4.69, 9.17) is 13.6 Å². The minimum absolute atomic E-state index is 0.144. The van der Waals surface area contributed by atoms with Crippen LogP contribution in [0.3, 0.4) is 0 Å². The number of hydrogen-bond donors (Lipinski definition) is 0. The van der Waals surface area contributed by atoms with Crippen molar-refractivity contribution < 1.29 is 18.4 Å². The molecule has 1 atom stereocenters. The molecule has 0 amide bonds. The highest BCUT2D eigenvalue weighted by Gasteiger charge is 2.20. The minimum Gasteiger partial charge on any atom is -0.453 e. The van der Waals surface area contributed by atoms with Gasteiger partial charge in [-0.2, -0.15) is 0 Å². The summed E-state index contributed by atoms with van der Waals surface area (Å²) >= 11 is 1.50. The maximum Gasteiger partial charge on any atom is 0.307 e. The average Bonchev–Trinajstić information content (AvgIpc) is 3.48. The van der Waals surface area contributed by atoms with Gasteiger partial charge in [0.25, 0.3) is 11.8 Å². The van der Waals surface area contributed by atoms with Crippen molar-refractivity contribution in [3.05, 3.63) is 65.8 Å². The van der Waals surface area contributed by atoms with E-state index in [1.54, 1.807) is 13.1 Å². The van der Waals surface area contributed by atoms with Crippen molar-refractivity contribution in [1.29, 1.82) is 0 Å². The first-order chi connectivity index (χ1) is 13.7. The van der Waals surface area contributed by atoms with Gasteiger partial charge in [0.2, 0.25) is 0 Å². The third-order valence-corrected chi connectivity index (χ3v) is 4.84. The van der Waals surface area contributed by atoms with E-state index in [0.717, 1.165) is 10.4 Å². The van der Waals surface area contributed by atoms with Crippen molar-refractivity contribution >= 4 is 17.3 Å². The highest BCUT2D eigenvalue weighted by Crippen LogP contribution is 2.26. The summed E-state index contributed by atoms with van der Waals surface area (Å²) in [6.07, 6.45) is 1.52. The van der Waals surface area contributed by atoms with Gasteiger partial charge in [-0.25, -0.2) is 4.98 Å². The lowest BCUT2D eigenvalue weighted by Gasteiger charge is -2.08. The fourth-order valence-corrected chi connectivity index (χ4v) is 3.22. The third-order valence-electron chi connectivity index (χ3n) is 3.98. The number of nitrogens with zero attached hydrogens (tertiary/aromatic N) is 3. The second-order valence-corrected chi connectivity index (χ2v) is 6.99. The molecule has 4 aromatic rings. The maximum absolute atomic E-state index is 12.1. The van der Waals surface area contributed by atoms with Gasteiger partial charge in [-0.3, -0.25) is 4.79 Å². The summed E-state index contributed by atoms with van der Waals surface area (Å²) in [6.45, 7) is 1.70. The van der Waals surface area contributed by atoms with Crippen molar-refractivity contribution in [2.24, 2.45) is 0 Å². The van der Waals surface area contributed by atoms with Crippen LogP contribution in [-0.2, 0) is 16.0 Å². The van der Waals surface area contributed by atoms with E-state index < -0.39 is 6.10 Å². The van der Waals surface area contributed by atoms with Crippen molar-refractivity contribution in [3.63, 3.8) is 0 Å². The van der Waals surface area contributed by atoms with Gasteiger partial charge < -0.3 is 13.6 Å². The SMILES string of the molecule is CC(OC(=O)CCc1ncc(-c2ccccc2)o1)c1nnc(-c2cccs2)o1. The van der Waals surface area contributed by atoms with E-state index in [0.29, 0.717) is 24.0 Å². The highest BCUT2D eigenvalue weighted by atomic mass is 32.1. The Morgan fingerprint density at radius 2 is 2.00 bits per heavy atom. The van der Waals surface area contributed by atoms with Crippen LogP contribution in [0.1, 0.15) is 31.2 Å². The fourth-order valence-electron chi connectivity index (χ4n) is 2.58. The van der Waals surface area contributed by atoms with Gasteiger partial charge in [0, 0.05) is 12.0 Å². The number of aromatic nitrogens is 3. The van der Waals surface area contributed by atoms with E-state index in [1.165, 1.54) is 11.3 Å². The number of hydrogen-bond acceptors (Lipinski definition) is 8. The molecule has 142 valence electrons. The zero-order chi connectivity index (χ0) is 19.3. The molecule has 4 rings (SSSR count). The van der Waals surface area contributed by atoms with Crippen LogP contribution in [0.4, 0.5) is 0 Å². The number of carbonyl (C=O) groups is 1. The molecule has 1 aromatic carbocycles. The molecular formula is C20H17N3O4S. The molecule has 0 radical (unpaired) electrons. The highest BCUT2D eigenvalue weighted by molar-refractivity contribution is 7.13. The summed E-state index contributed by atoms with van der Waals surface area (Å²) in [5.41, 5.74) is 0.940. The normalized spacial score (nSPS) is 12.0. The second-order valence-electron chi connectivity index (χ2n) is 6.04. The summed E-state index contributed by atoms with van der Waals surface area (Å²) in [5.74, 6) is 1.45. The van der Waals surface area contributed by atoms with Crippen molar-refractivity contribution in [3.8, 4) is 22.1 Å². The summed E-state index contributed by atoms with van der Waals surface area (Å²) in [6, 6.07) is 13.5. The Labute approximate surface area is 165 Å². The average molecular weight is 395 g/mol. The Bertz CT molecular complexity index is 1040. The van der Waals surface area contributed by atoms with Crippen LogP contribution in [0.5, 0.6) is 0 Å². The van der Waals surface area contributed by atoms with Crippen molar-refractivity contribution in [1.82, 2.24) is 15.2 Å². The first-order valence-electron chi connectivity index (χ1n) is 8.76. The minimum atomic E-state index is -0.627. The van der Waals surface area contributed by atoms with Gasteiger partial charge >= 0.3 is 5.97 Å². The third kappa shape index (κ3) is 4.17. The quantitative estimate of drug-likeness (QED) is 0.419. The van der Waals surface area contributed by atoms with Crippen LogP contribution in [0.25, 0.3) is 22.1 Å². The van der Waals surface area contributed by atoms with Gasteiger partial charge in [0.15, 0.2) is 17.8 Å². The molecule has 3 aromatic heterocycles. The largest absolute Gasteiger partial charge is 0.453 e. The molecule has 0 aliphatic carbocycles. The standard InChI is InChI=1S/C20H17N3O4S/c1-13(19-22-23-20(27-19)16-8-5-11-28-16)25-18(24)10-9-17-21-12-15(26-17)14-6-3-2-4-7-14/h2-8,11-13H,9-10H2,1H3. The van der Waals surface area contributed by atoms with E-state index in [9.17, 15) is 4.79 Å². The molecule has 0 aliphatic heterocycles. The molecule has 0 spiro atoms. The predicted octanol–water partition coefficient (Wildman–Crippen LogP) is 4.69. The smallest absolute Gasteiger partial charge is 0.307 e. The number of oxazole rings is 1. The molecular weight excluding hydrogens is 378 g/mol. The summed E-state index contributed by atoms with van der Waals surface area (Å²) in [5, 5.41) is 9.88. The number of carbonyl (C=O) groups excluding carboxylic acids is 1. The lowest BCUT2D eigenvalue weighted by molar-refractivity contribution is -0.149. The summed E-state index contributed by atoms with van der Waals surface area (Å²) in [7, 11) is 0. The zero-order valence-corrected chi connectivity index (χ0v) is 15.9.